The Morgan fingerprint density at radius 1 is 1.00 bits per heavy atom. The van der Waals surface area contributed by atoms with Crippen molar-refractivity contribution in [3.05, 3.63) is 65.7 Å². The summed E-state index contributed by atoms with van der Waals surface area (Å²) in [5.41, 5.74) is 0.705. The standard InChI is InChI=1S/C30H33N3O7/c1-17-25(29(38)33-28(17)37)26(36)27(30(2,3)4)32-24(35)15-20(19-8-6-5-7-9-19)31-23(34)13-11-18-10-12-21-22(14-18)40-16-39-21/h5-14,17,20,25,27H,15-16H2,1-4H3,(H,31,34)(H,32,35)(H,33,37,38)/b13-11+/t17-,20-,25+,27+/m0/s1. The molecule has 4 amide bonds. The molecule has 10 nitrogen and oxygen atoms in total. The molecule has 0 saturated carbocycles. The van der Waals surface area contributed by atoms with Gasteiger partial charge in [-0.25, -0.2) is 0 Å². The van der Waals surface area contributed by atoms with Crippen molar-refractivity contribution in [2.75, 3.05) is 6.79 Å². The molecule has 0 radical (unpaired) electrons. The number of ether oxygens (including phenoxy) is 2. The Labute approximate surface area is 232 Å². The molecule has 0 unspecified atom stereocenters. The summed E-state index contributed by atoms with van der Waals surface area (Å²) < 4.78 is 10.7. The van der Waals surface area contributed by atoms with Gasteiger partial charge in [0.15, 0.2) is 17.3 Å². The molecule has 1 fully saturated rings. The molecule has 0 bridgehead atoms. The average molecular weight is 548 g/mol. The number of hydrogen-bond donors (Lipinski definition) is 3. The third kappa shape index (κ3) is 6.56. The summed E-state index contributed by atoms with van der Waals surface area (Å²) >= 11 is 0. The Kier molecular flexibility index (Phi) is 8.37. The fourth-order valence-electron chi connectivity index (χ4n) is 4.71. The van der Waals surface area contributed by atoms with Gasteiger partial charge in [0.05, 0.1) is 24.4 Å². The highest BCUT2D eigenvalue weighted by atomic mass is 16.7. The molecule has 10 heteroatoms. The summed E-state index contributed by atoms with van der Waals surface area (Å²) in [6.45, 7) is 6.98. The average Bonchev–Trinajstić information content (AvgIpc) is 3.47. The second kappa shape index (κ2) is 11.7. The van der Waals surface area contributed by atoms with Crippen LogP contribution in [0, 0.1) is 17.3 Å². The minimum atomic E-state index is -1.18. The maximum atomic E-state index is 13.4. The van der Waals surface area contributed by atoms with Crippen LogP contribution in [0.5, 0.6) is 11.5 Å². The Morgan fingerprint density at radius 2 is 1.70 bits per heavy atom. The summed E-state index contributed by atoms with van der Waals surface area (Å²) in [5, 5.41) is 7.83. The molecule has 2 aromatic rings. The number of benzene rings is 2. The zero-order valence-electron chi connectivity index (χ0n) is 22.9. The van der Waals surface area contributed by atoms with Gasteiger partial charge in [-0.1, -0.05) is 64.1 Å². The number of rotatable bonds is 9. The zero-order chi connectivity index (χ0) is 29.0. The van der Waals surface area contributed by atoms with E-state index in [0.29, 0.717) is 17.1 Å². The first-order valence-electron chi connectivity index (χ1n) is 13.0. The third-order valence-corrected chi connectivity index (χ3v) is 6.94. The smallest absolute Gasteiger partial charge is 0.244 e. The van der Waals surface area contributed by atoms with Crippen molar-refractivity contribution in [1.82, 2.24) is 16.0 Å². The van der Waals surface area contributed by atoms with Crippen molar-refractivity contribution >= 4 is 35.5 Å². The van der Waals surface area contributed by atoms with Gasteiger partial charge in [-0.2, -0.15) is 0 Å². The SMILES string of the molecule is C[C@@H]1C(=O)NC(=O)[C@H]1C(=O)[C@@H](NC(=O)C[C@H](NC(=O)/C=C/c1ccc2c(c1)OCO2)c1ccccc1)C(C)(C)C. The molecular formula is C30H33N3O7. The lowest BCUT2D eigenvalue weighted by Gasteiger charge is -2.32. The third-order valence-electron chi connectivity index (χ3n) is 6.94. The lowest BCUT2D eigenvalue weighted by Crippen LogP contribution is -2.53. The highest BCUT2D eigenvalue weighted by Crippen LogP contribution is 2.33. The van der Waals surface area contributed by atoms with E-state index in [4.69, 9.17) is 9.47 Å². The molecule has 40 heavy (non-hydrogen) atoms. The lowest BCUT2D eigenvalue weighted by molar-refractivity contribution is -0.138. The molecule has 2 aromatic carbocycles. The van der Waals surface area contributed by atoms with Crippen molar-refractivity contribution in [3.8, 4) is 11.5 Å². The van der Waals surface area contributed by atoms with E-state index in [1.807, 2.05) is 6.07 Å². The number of ketones is 1. The molecule has 3 N–H and O–H groups in total. The number of hydrogen-bond acceptors (Lipinski definition) is 7. The van der Waals surface area contributed by atoms with Crippen LogP contribution in [0.15, 0.2) is 54.6 Å². The van der Waals surface area contributed by atoms with Crippen LogP contribution in [0.3, 0.4) is 0 Å². The van der Waals surface area contributed by atoms with E-state index >= 15 is 0 Å². The summed E-state index contributed by atoms with van der Waals surface area (Å²) in [7, 11) is 0. The molecule has 1 saturated heterocycles. The van der Waals surface area contributed by atoms with Crippen LogP contribution in [-0.4, -0.2) is 42.2 Å². The first-order valence-corrected chi connectivity index (χ1v) is 13.0. The highest BCUT2D eigenvalue weighted by Gasteiger charge is 2.48. The Hall–Kier alpha value is -4.47. The number of carbonyl (C=O) groups excluding carboxylic acids is 5. The summed E-state index contributed by atoms with van der Waals surface area (Å²) in [6.07, 6.45) is 2.84. The van der Waals surface area contributed by atoms with Gasteiger partial charge in [0.25, 0.3) is 0 Å². The quantitative estimate of drug-likeness (QED) is 0.249. The number of fused-ring (bicyclic) bond motifs is 1. The van der Waals surface area contributed by atoms with Crippen LogP contribution >= 0.6 is 0 Å². The van der Waals surface area contributed by atoms with E-state index in [1.54, 1.807) is 69.3 Å². The summed E-state index contributed by atoms with van der Waals surface area (Å²) in [6, 6.07) is 12.6. The number of carbonyl (C=O) groups is 5. The largest absolute Gasteiger partial charge is 0.454 e. The van der Waals surface area contributed by atoms with Crippen LogP contribution in [0.4, 0.5) is 0 Å². The number of amides is 4. The molecule has 2 aliphatic heterocycles. The first kappa shape index (κ1) is 28.5. The maximum absolute atomic E-state index is 13.4. The van der Waals surface area contributed by atoms with E-state index < -0.39 is 58.7 Å². The Balaban J connectivity index is 1.47. The van der Waals surface area contributed by atoms with Crippen molar-refractivity contribution in [1.29, 1.82) is 0 Å². The molecular weight excluding hydrogens is 514 g/mol. The van der Waals surface area contributed by atoms with Crippen molar-refractivity contribution in [2.24, 2.45) is 17.3 Å². The van der Waals surface area contributed by atoms with Gasteiger partial charge in [-0.15, -0.1) is 0 Å². The second-order valence-electron chi connectivity index (χ2n) is 11.0. The molecule has 4 atom stereocenters. The molecule has 0 aromatic heterocycles. The van der Waals surface area contributed by atoms with Crippen LogP contribution in [0.1, 0.15) is 51.3 Å². The number of Topliss-reactive ketones (excluding diaryl/α,β-unsaturated/α-hetero) is 1. The van der Waals surface area contributed by atoms with E-state index in [9.17, 15) is 24.0 Å². The van der Waals surface area contributed by atoms with Crippen LogP contribution in [-0.2, 0) is 24.0 Å². The Morgan fingerprint density at radius 3 is 2.35 bits per heavy atom. The first-order chi connectivity index (χ1) is 18.9. The maximum Gasteiger partial charge on any atom is 0.244 e. The van der Waals surface area contributed by atoms with Gasteiger partial charge in [-0.05, 0) is 34.8 Å². The van der Waals surface area contributed by atoms with E-state index in [-0.39, 0.29) is 13.2 Å². The number of imide groups is 1. The van der Waals surface area contributed by atoms with Crippen molar-refractivity contribution in [3.63, 3.8) is 0 Å². The molecule has 0 spiro atoms. The highest BCUT2D eigenvalue weighted by molar-refractivity contribution is 6.16. The van der Waals surface area contributed by atoms with Gasteiger partial charge in [0.1, 0.15) is 5.92 Å². The normalized spacial score (nSPS) is 19.7. The Bertz CT molecular complexity index is 1350. The predicted octanol–water partition coefficient (Wildman–Crippen LogP) is 2.68. The van der Waals surface area contributed by atoms with E-state index in [0.717, 1.165) is 5.56 Å². The second-order valence-corrected chi connectivity index (χ2v) is 11.0. The molecule has 210 valence electrons. The summed E-state index contributed by atoms with van der Waals surface area (Å²) in [4.78, 5) is 63.8. The number of nitrogens with one attached hydrogen (secondary N) is 3. The molecule has 2 aliphatic rings. The van der Waals surface area contributed by atoms with Crippen LogP contribution < -0.4 is 25.4 Å². The van der Waals surface area contributed by atoms with Crippen molar-refractivity contribution < 1.29 is 33.4 Å². The molecule has 4 rings (SSSR count). The van der Waals surface area contributed by atoms with Crippen LogP contribution in [0.2, 0.25) is 0 Å². The van der Waals surface area contributed by atoms with Crippen molar-refractivity contribution in [2.45, 2.75) is 46.2 Å². The molecule has 2 heterocycles. The minimum absolute atomic E-state index is 0.149. The van der Waals surface area contributed by atoms with E-state index in [1.165, 1.54) is 13.0 Å². The molecule has 0 aliphatic carbocycles. The van der Waals surface area contributed by atoms with Gasteiger partial charge in [-0.3, -0.25) is 29.3 Å². The fourth-order valence-corrected chi connectivity index (χ4v) is 4.71. The van der Waals surface area contributed by atoms with E-state index in [2.05, 4.69) is 16.0 Å². The predicted molar refractivity (Wildman–Crippen MR) is 146 cm³/mol. The van der Waals surface area contributed by atoms with Gasteiger partial charge >= 0.3 is 0 Å². The van der Waals surface area contributed by atoms with Gasteiger partial charge in [0, 0.05) is 6.08 Å². The monoisotopic (exact) mass is 547 g/mol. The van der Waals surface area contributed by atoms with Gasteiger partial charge in [0.2, 0.25) is 30.4 Å². The minimum Gasteiger partial charge on any atom is -0.454 e. The van der Waals surface area contributed by atoms with Gasteiger partial charge < -0.3 is 20.1 Å². The topological polar surface area (TPSA) is 140 Å². The zero-order valence-corrected chi connectivity index (χ0v) is 22.9. The lowest BCUT2D eigenvalue weighted by atomic mass is 9.77. The van der Waals surface area contributed by atoms with Crippen LogP contribution in [0.25, 0.3) is 6.08 Å². The fraction of sp³-hybridized carbons (Fsp3) is 0.367. The summed E-state index contributed by atoms with van der Waals surface area (Å²) in [5.74, 6) is -3.37.